The fraction of sp³-hybridized carbons (Fsp3) is 0.538. The minimum Gasteiger partial charge on any atom is -0.490 e. The van der Waals surface area contributed by atoms with Crippen molar-refractivity contribution < 1.29 is 17.9 Å². The lowest BCUT2D eigenvalue weighted by molar-refractivity contribution is 0.297. The van der Waals surface area contributed by atoms with E-state index in [-0.39, 0.29) is 17.5 Å². The average Bonchev–Trinajstić information content (AvgIpc) is 2.69. The van der Waals surface area contributed by atoms with Gasteiger partial charge in [0, 0.05) is 25.1 Å². The monoisotopic (exact) mass is 300 g/mol. The van der Waals surface area contributed by atoms with Crippen LogP contribution in [0.2, 0.25) is 0 Å². The number of sulfonamides is 1. The normalized spacial score (nSPS) is 16.5. The second kappa shape index (κ2) is 6.43. The van der Waals surface area contributed by atoms with Crippen LogP contribution in [0.3, 0.4) is 0 Å². The summed E-state index contributed by atoms with van der Waals surface area (Å²) in [7, 11) is -3.59. The van der Waals surface area contributed by atoms with Crippen LogP contribution in [0.4, 0.5) is 0 Å². The molecule has 1 unspecified atom stereocenters. The molecule has 112 valence electrons. The van der Waals surface area contributed by atoms with E-state index in [4.69, 9.17) is 15.2 Å². The van der Waals surface area contributed by atoms with Crippen molar-refractivity contribution in [3.05, 3.63) is 18.2 Å². The highest BCUT2D eigenvalue weighted by atomic mass is 32.2. The van der Waals surface area contributed by atoms with E-state index < -0.39 is 10.0 Å². The van der Waals surface area contributed by atoms with E-state index in [1.807, 2.05) is 6.92 Å². The zero-order valence-corrected chi connectivity index (χ0v) is 12.3. The van der Waals surface area contributed by atoms with Gasteiger partial charge >= 0.3 is 0 Å². The molecule has 0 aliphatic carbocycles. The topological polar surface area (TPSA) is 90.7 Å². The van der Waals surface area contributed by atoms with Crippen LogP contribution < -0.4 is 19.9 Å². The van der Waals surface area contributed by atoms with Gasteiger partial charge in [0.1, 0.15) is 0 Å². The van der Waals surface area contributed by atoms with Crippen molar-refractivity contribution >= 4 is 10.0 Å². The van der Waals surface area contributed by atoms with Crippen LogP contribution in [0.1, 0.15) is 19.8 Å². The van der Waals surface area contributed by atoms with E-state index in [0.717, 1.165) is 6.42 Å². The van der Waals surface area contributed by atoms with E-state index in [0.29, 0.717) is 31.1 Å². The van der Waals surface area contributed by atoms with Crippen LogP contribution in [0, 0.1) is 0 Å². The number of nitrogens with one attached hydrogen (secondary N) is 1. The Morgan fingerprint density at radius 3 is 2.65 bits per heavy atom. The molecule has 20 heavy (non-hydrogen) atoms. The Bertz CT molecular complexity index is 555. The molecule has 0 saturated heterocycles. The Morgan fingerprint density at radius 2 is 2.00 bits per heavy atom. The summed E-state index contributed by atoms with van der Waals surface area (Å²) in [6, 6.07) is 4.36. The molecular weight excluding hydrogens is 280 g/mol. The van der Waals surface area contributed by atoms with E-state index in [1.54, 1.807) is 6.07 Å². The molecule has 0 spiro atoms. The zero-order chi connectivity index (χ0) is 14.6. The molecule has 1 heterocycles. The molecule has 2 rings (SSSR count). The summed E-state index contributed by atoms with van der Waals surface area (Å²) < 4.78 is 38.1. The molecule has 1 atom stereocenters. The van der Waals surface area contributed by atoms with Crippen LogP contribution in [-0.2, 0) is 10.0 Å². The summed E-state index contributed by atoms with van der Waals surface area (Å²) in [5, 5.41) is 0. The molecule has 0 aromatic heterocycles. The van der Waals surface area contributed by atoms with E-state index >= 15 is 0 Å². The fourth-order valence-corrected chi connectivity index (χ4v) is 3.24. The van der Waals surface area contributed by atoms with Gasteiger partial charge in [0.05, 0.1) is 18.1 Å². The second-order valence-electron chi connectivity index (χ2n) is 4.62. The predicted molar refractivity (Wildman–Crippen MR) is 75.5 cm³/mol. The molecule has 1 aromatic carbocycles. The highest BCUT2D eigenvalue weighted by Gasteiger charge is 2.21. The van der Waals surface area contributed by atoms with Crippen LogP contribution in [0.25, 0.3) is 0 Å². The SMILES string of the molecule is CCC(CN)NS(=O)(=O)c1ccc2c(c1)OCCCO2. The molecule has 0 radical (unpaired) electrons. The van der Waals surface area contributed by atoms with Gasteiger partial charge in [0.15, 0.2) is 11.5 Å². The van der Waals surface area contributed by atoms with Gasteiger partial charge in [-0.05, 0) is 18.6 Å². The lowest BCUT2D eigenvalue weighted by Crippen LogP contribution is -2.39. The molecule has 0 bridgehead atoms. The molecule has 1 aliphatic heterocycles. The van der Waals surface area contributed by atoms with Crippen molar-refractivity contribution in [3.63, 3.8) is 0 Å². The Kier molecular flexibility index (Phi) is 4.85. The minimum absolute atomic E-state index is 0.161. The summed E-state index contributed by atoms with van der Waals surface area (Å²) in [5.41, 5.74) is 5.53. The van der Waals surface area contributed by atoms with Crippen LogP contribution >= 0.6 is 0 Å². The summed E-state index contributed by atoms with van der Waals surface area (Å²) in [5.74, 6) is 1.04. The first-order valence-electron chi connectivity index (χ1n) is 6.69. The summed E-state index contributed by atoms with van der Waals surface area (Å²) in [6.45, 7) is 3.24. The Labute approximate surface area is 119 Å². The fourth-order valence-electron chi connectivity index (χ4n) is 1.90. The number of benzene rings is 1. The van der Waals surface area contributed by atoms with Gasteiger partial charge in [0.2, 0.25) is 10.0 Å². The minimum atomic E-state index is -3.59. The van der Waals surface area contributed by atoms with Gasteiger partial charge in [-0.1, -0.05) is 6.92 Å². The third kappa shape index (κ3) is 3.41. The average molecular weight is 300 g/mol. The number of ether oxygens (including phenoxy) is 2. The number of hydrogen-bond acceptors (Lipinski definition) is 5. The maximum atomic E-state index is 12.3. The summed E-state index contributed by atoms with van der Waals surface area (Å²) in [6.07, 6.45) is 1.42. The number of nitrogens with two attached hydrogens (primary N) is 1. The first-order valence-corrected chi connectivity index (χ1v) is 8.17. The Balaban J connectivity index is 2.26. The van der Waals surface area contributed by atoms with Gasteiger partial charge in [-0.3, -0.25) is 0 Å². The second-order valence-corrected chi connectivity index (χ2v) is 6.34. The first-order chi connectivity index (χ1) is 9.56. The molecule has 6 nitrogen and oxygen atoms in total. The summed E-state index contributed by atoms with van der Waals surface area (Å²) >= 11 is 0. The summed E-state index contributed by atoms with van der Waals surface area (Å²) in [4.78, 5) is 0.161. The van der Waals surface area contributed by atoms with Gasteiger partial charge in [-0.25, -0.2) is 13.1 Å². The van der Waals surface area contributed by atoms with Gasteiger partial charge in [-0.15, -0.1) is 0 Å². The van der Waals surface area contributed by atoms with Crippen molar-refractivity contribution in [1.82, 2.24) is 4.72 Å². The zero-order valence-electron chi connectivity index (χ0n) is 11.5. The molecule has 1 aliphatic rings. The molecule has 0 fully saturated rings. The molecular formula is C13H20N2O4S. The number of hydrogen-bond donors (Lipinski definition) is 2. The molecule has 1 aromatic rings. The maximum absolute atomic E-state index is 12.3. The molecule has 0 saturated carbocycles. The predicted octanol–water partition coefficient (Wildman–Crippen LogP) is 0.864. The van der Waals surface area contributed by atoms with E-state index in [9.17, 15) is 8.42 Å². The maximum Gasteiger partial charge on any atom is 0.241 e. The van der Waals surface area contributed by atoms with Crippen LogP contribution in [-0.4, -0.2) is 34.2 Å². The van der Waals surface area contributed by atoms with E-state index in [1.165, 1.54) is 12.1 Å². The molecule has 7 heteroatoms. The molecule has 3 N–H and O–H groups in total. The largest absolute Gasteiger partial charge is 0.490 e. The van der Waals surface area contributed by atoms with Crippen molar-refractivity contribution in [2.75, 3.05) is 19.8 Å². The van der Waals surface area contributed by atoms with Crippen LogP contribution in [0.5, 0.6) is 11.5 Å². The van der Waals surface area contributed by atoms with Gasteiger partial charge in [-0.2, -0.15) is 0 Å². The van der Waals surface area contributed by atoms with Crippen molar-refractivity contribution in [3.8, 4) is 11.5 Å². The number of fused-ring (bicyclic) bond motifs is 1. The smallest absolute Gasteiger partial charge is 0.241 e. The first kappa shape index (κ1) is 15.1. The lowest BCUT2D eigenvalue weighted by Gasteiger charge is -2.16. The van der Waals surface area contributed by atoms with Crippen molar-refractivity contribution in [2.24, 2.45) is 5.73 Å². The Morgan fingerprint density at radius 1 is 1.30 bits per heavy atom. The lowest BCUT2D eigenvalue weighted by atomic mass is 10.2. The Hall–Kier alpha value is -1.31. The quantitative estimate of drug-likeness (QED) is 0.842. The standard InChI is InChI=1S/C13H20N2O4S/c1-2-10(9-14)15-20(16,17)11-4-5-12-13(8-11)19-7-3-6-18-12/h4-5,8,10,15H,2-3,6-7,9,14H2,1H3. The number of rotatable bonds is 5. The highest BCUT2D eigenvalue weighted by molar-refractivity contribution is 7.89. The van der Waals surface area contributed by atoms with Crippen LogP contribution in [0.15, 0.2) is 23.1 Å². The third-order valence-corrected chi connectivity index (χ3v) is 4.65. The van der Waals surface area contributed by atoms with Crippen molar-refractivity contribution in [2.45, 2.75) is 30.7 Å². The van der Waals surface area contributed by atoms with Crippen molar-refractivity contribution in [1.29, 1.82) is 0 Å². The highest BCUT2D eigenvalue weighted by Crippen LogP contribution is 2.31. The molecule has 0 amide bonds. The van der Waals surface area contributed by atoms with E-state index in [2.05, 4.69) is 4.72 Å². The van der Waals surface area contributed by atoms with Gasteiger partial charge < -0.3 is 15.2 Å². The van der Waals surface area contributed by atoms with Gasteiger partial charge in [0.25, 0.3) is 0 Å². The third-order valence-electron chi connectivity index (χ3n) is 3.13.